The van der Waals surface area contributed by atoms with E-state index >= 15 is 0 Å². The Morgan fingerprint density at radius 1 is 1.17 bits per heavy atom. The highest BCUT2D eigenvalue weighted by Gasteiger charge is 2.22. The molecule has 0 aromatic heterocycles. The van der Waals surface area contributed by atoms with Gasteiger partial charge in [-0.05, 0) is 26.0 Å². The number of hydrogen-bond acceptors (Lipinski definition) is 3. The van der Waals surface area contributed by atoms with Crippen LogP contribution in [0.1, 0.15) is 20.8 Å². The maximum Gasteiger partial charge on any atom is 0.248 e. The normalized spacial score (nSPS) is 10.3. The summed E-state index contributed by atoms with van der Waals surface area (Å²) in [6.07, 6.45) is 0. The fraction of sp³-hybridized carbons (Fsp3) is 0.429. The highest BCUT2D eigenvalue weighted by Crippen LogP contribution is 2.11. The minimum Gasteiger partial charge on any atom is -0.365 e. The third-order valence-corrected chi connectivity index (χ3v) is 2.69. The van der Waals surface area contributed by atoms with Crippen LogP contribution >= 0.6 is 0 Å². The molecule has 0 saturated carbocycles. The van der Waals surface area contributed by atoms with Crippen molar-refractivity contribution in [2.24, 2.45) is 0 Å². The van der Waals surface area contributed by atoms with Crippen molar-refractivity contribution in [3.63, 3.8) is 0 Å². The number of para-hydroxylation sites is 1. The highest BCUT2D eigenvalue weighted by atomic mass is 16.2. The Bertz CT molecular complexity index is 415. The summed E-state index contributed by atoms with van der Waals surface area (Å²) in [5.74, 6) is -0.389. The Balaban J connectivity index is 2.72. The van der Waals surface area contributed by atoms with Crippen LogP contribution in [0, 0.1) is 0 Å². The third kappa shape index (κ3) is 3.58. The van der Waals surface area contributed by atoms with Crippen molar-refractivity contribution in [2.45, 2.75) is 26.8 Å². The first-order valence-electron chi connectivity index (χ1n) is 6.02. The summed E-state index contributed by atoms with van der Waals surface area (Å²) >= 11 is 0. The average molecular weight is 248 g/mol. The van der Waals surface area contributed by atoms with E-state index in [1.54, 1.807) is 0 Å². The Morgan fingerprint density at radius 2 is 1.72 bits per heavy atom. The predicted molar refractivity (Wildman–Crippen MR) is 72.4 cm³/mol. The molecule has 18 heavy (non-hydrogen) atoms. The Hall–Kier alpha value is -1.84. The van der Waals surface area contributed by atoms with Crippen molar-refractivity contribution in [1.82, 2.24) is 4.90 Å². The molecule has 0 fully saturated rings. The van der Waals surface area contributed by atoms with E-state index in [9.17, 15) is 9.59 Å². The smallest absolute Gasteiger partial charge is 0.248 e. The molecule has 4 heteroatoms. The van der Waals surface area contributed by atoms with E-state index in [1.807, 2.05) is 56.1 Å². The molecular weight excluding hydrogens is 228 g/mol. The lowest BCUT2D eigenvalue weighted by Crippen LogP contribution is -2.45. The molecular formula is C14H20N2O2. The van der Waals surface area contributed by atoms with Gasteiger partial charge in [-0.2, -0.15) is 0 Å². The first-order chi connectivity index (χ1) is 8.43. The molecule has 98 valence electrons. The van der Waals surface area contributed by atoms with Crippen molar-refractivity contribution < 1.29 is 9.59 Å². The fourth-order valence-corrected chi connectivity index (χ4v) is 1.88. The first-order valence-corrected chi connectivity index (χ1v) is 6.02. The maximum atomic E-state index is 12.1. The Morgan fingerprint density at radius 3 is 2.17 bits per heavy atom. The number of imide groups is 1. The summed E-state index contributed by atoms with van der Waals surface area (Å²) in [5.41, 5.74) is 0.957. The minimum absolute atomic E-state index is 0.112. The zero-order chi connectivity index (χ0) is 13.7. The van der Waals surface area contributed by atoms with Crippen molar-refractivity contribution in [2.75, 3.05) is 18.5 Å². The lowest BCUT2D eigenvalue weighted by molar-refractivity contribution is -0.144. The molecule has 1 aromatic rings. The summed E-state index contributed by atoms with van der Waals surface area (Å²) in [4.78, 5) is 26.6. The summed E-state index contributed by atoms with van der Waals surface area (Å²) in [7, 11) is 1.84. The number of amides is 2. The van der Waals surface area contributed by atoms with Crippen LogP contribution in [0.3, 0.4) is 0 Å². The van der Waals surface area contributed by atoms with Crippen LogP contribution in [0.25, 0.3) is 0 Å². The van der Waals surface area contributed by atoms with Gasteiger partial charge in [-0.3, -0.25) is 14.5 Å². The van der Waals surface area contributed by atoms with E-state index in [1.165, 1.54) is 11.8 Å². The van der Waals surface area contributed by atoms with Gasteiger partial charge in [0, 0.05) is 25.7 Å². The molecule has 0 unspecified atom stereocenters. The number of rotatable bonds is 4. The third-order valence-electron chi connectivity index (χ3n) is 2.69. The molecule has 0 aliphatic rings. The fourth-order valence-electron chi connectivity index (χ4n) is 1.88. The van der Waals surface area contributed by atoms with E-state index in [0.29, 0.717) is 0 Å². The largest absolute Gasteiger partial charge is 0.365 e. The standard InChI is InChI=1S/C14H20N2O2/c1-11(2)16(12(3)17)14(18)10-15(4)13-8-6-5-7-9-13/h5-9,11H,10H2,1-4H3. The van der Waals surface area contributed by atoms with Crippen LogP contribution in [0.15, 0.2) is 30.3 Å². The molecule has 0 N–H and O–H groups in total. The molecule has 0 heterocycles. The number of nitrogens with zero attached hydrogens (tertiary/aromatic N) is 2. The second-order valence-corrected chi connectivity index (χ2v) is 4.57. The number of benzene rings is 1. The maximum absolute atomic E-state index is 12.1. The van der Waals surface area contributed by atoms with Crippen LogP contribution in [0.5, 0.6) is 0 Å². The second kappa shape index (κ2) is 6.19. The summed E-state index contributed by atoms with van der Waals surface area (Å²) in [6, 6.07) is 9.51. The van der Waals surface area contributed by atoms with Crippen molar-refractivity contribution in [1.29, 1.82) is 0 Å². The lowest BCUT2D eigenvalue weighted by Gasteiger charge is -2.26. The van der Waals surface area contributed by atoms with Gasteiger partial charge < -0.3 is 4.90 Å². The Labute approximate surface area is 108 Å². The predicted octanol–water partition coefficient (Wildman–Crippen LogP) is 1.91. The van der Waals surface area contributed by atoms with E-state index in [2.05, 4.69) is 0 Å². The van der Waals surface area contributed by atoms with E-state index in [0.717, 1.165) is 5.69 Å². The summed E-state index contributed by atoms with van der Waals surface area (Å²) in [5, 5.41) is 0. The van der Waals surface area contributed by atoms with Crippen LogP contribution in [0.4, 0.5) is 5.69 Å². The van der Waals surface area contributed by atoms with Crippen LogP contribution in [-0.4, -0.2) is 36.3 Å². The molecule has 0 atom stereocenters. The van der Waals surface area contributed by atoms with Gasteiger partial charge >= 0.3 is 0 Å². The molecule has 0 aliphatic heterocycles. The van der Waals surface area contributed by atoms with Crippen molar-refractivity contribution >= 4 is 17.5 Å². The number of likely N-dealkylation sites (N-methyl/N-ethyl adjacent to an activating group) is 1. The molecule has 0 radical (unpaired) electrons. The number of carbonyl (C=O) groups is 2. The molecule has 0 spiro atoms. The van der Waals surface area contributed by atoms with Gasteiger partial charge in [0.25, 0.3) is 0 Å². The SMILES string of the molecule is CC(=O)N(C(=O)CN(C)c1ccccc1)C(C)C. The van der Waals surface area contributed by atoms with Gasteiger partial charge in [0.05, 0.1) is 6.54 Å². The number of hydrogen-bond donors (Lipinski definition) is 0. The molecule has 0 bridgehead atoms. The van der Waals surface area contributed by atoms with Gasteiger partial charge in [0.15, 0.2) is 0 Å². The molecule has 1 rings (SSSR count). The quantitative estimate of drug-likeness (QED) is 0.817. The molecule has 4 nitrogen and oxygen atoms in total. The molecule has 0 saturated heterocycles. The summed E-state index contributed by atoms with van der Waals surface area (Å²) < 4.78 is 0. The van der Waals surface area contributed by atoms with E-state index in [4.69, 9.17) is 0 Å². The zero-order valence-corrected chi connectivity index (χ0v) is 11.4. The lowest BCUT2D eigenvalue weighted by atomic mass is 10.2. The average Bonchev–Trinajstić information content (AvgIpc) is 2.28. The molecule has 0 aliphatic carbocycles. The summed E-state index contributed by atoms with van der Waals surface area (Å²) in [6.45, 7) is 5.28. The van der Waals surface area contributed by atoms with Gasteiger partial charge in [-0.25, -0.2) is 0 Å². The Kier molecular flexibility index (Phi) is 4.89. The van der Waals surface area contributed by atoms with E-state index in [-0.39, 0.29) is 24.4 Å². The van der Waals surface area contributed by atoms with Gasteiger partial charge in [-0.1, -0.05) is 18.2 Å². The second-order valence-electron chi connectivity index (χ2n) is 4.57. The van der Waals surface area contributed by atoms with Crippen LogP contribution < -0.4 is 4.90 Å². The van der Waals surface area contributed by atoms with Gasteiger partial charge in [0.2, 0.25) is 11.8 Å². The molecule has 2 amide bonds. The van der Waals surface area contributed by atoms with Crippen molar-refractivity contribution in [3.8, 4) is 0 Å². The van der Waals surface area contributed by atoms with Gasteiger partial charge in [0.1, 0.15) is 0 Å². The highest BCUT2D eigenvalue weighted by molar-refractivity contribution is 5.96. The zero-order valence-electron chi connectivity index (χ0n) is 11.4. The topological polar surface area (TPSA) is 40.6 Å². The monoisotopic (exact) mass is 248 g/mol. The van der Waals surface area contributed by atoms with E-state index < -0.39 is 0 Å². The molecule has 1 aromatic carbocycles. The van der Waals surface area contributed by atoms with Crippen molar-refractivity contribution in [3.05, 3.63) is 30.3 Å². The van der Waals surface area contributed by atoms with Crippen LogP contribution in [-0.2, 0) is 9.59 Å². The number of anilines is 1. The first kappa shape index (κ1) is 14.2. The van der Waals surface area contributed by atoms with Crippen LogP contribution in [0.2, 0.25) is 0 Å². The minimum atomic E-state index is -0.212. The number of carbonyl (C=O) groups excluding carboxylic acids is 2. The van der Waals surface area contributed by atoms with Gasteiger partial charge in [-0.15, -0.1) is 0 Å².